The number of likely N-dealkylation sites (N-methyl/N-ethyl adjacent to an activating group) is 1. The average molecular weight is 455 g/mol. The van der Waals surface area contributed by atoms with Crippen LogP contribution in [0.5, 0.6) is 0 Å². The predicted molar refractivity (Wildman–Crippen MR) is 142 cm³/mol. The minimum atomic E-state index is 0.239. The third-order valence-corrected chi connectivity index (χ3v) is 6.87. The summed E-state index contributed by atoms with van der Waals surface area (Å²) in [6, 6.07) is 19.2. The Kier molecular flexibility index (Phi) is 6.39. The molecular weight excluding hydrogens is 420 g/mol. The summed E-state index contributed by atoms with van der Waals surface area (Å²) in [5.41, 5.74) is 4.78. The molecule has 2 N–H and O–H groups in total. The van der Waals surface area contributed by atoms with Gasteiger partial charge in [-0.05, 0) is 63.3 Å². The number of nitrogens with one attached hydrogen (secondary N) is 2. The molecule has 2 aromatic carbocycles. The predicted octanol–water partition coefficient (Wildman–Crippen LogP) is 6.07. The van der Waals surface area contributed by atoms with Crippen molar-refractivity contribution < 1.29 is 0 Å². The molecule has 4 aromatic rings. The fourth-order valence-corrected chi connectivity index (χ4v) is 4.67. The number of piperidine rings is 1. The Morgan fingerprint density at radius 1 is 1.03 bits per heavy atom. The van der Waals surface area contributed by atoms with Gasteiger partial charge >= 0.3 is 0 Å². The number of benzene rings is 2. The summed E-state index contributed by atoms with van der Waals surface area (Å²) in [5.74, 6) is 2.59. The molecule has 0 aliphatic carbocycles. The number of aromatic nitrogens is 3. The quantitative estimate of drug-likeness (QED) is 0.355. The monoisotopic (exact) mass is 454 g/mol. The SMILES string of the molecule is Cc1ccc(Nc2cc(N3CCCCC3)nc(N(C)C(C)Cc3c[nH]c4ccccc34)n2)cc1. The number of fused-ring (bicyclic) bond motifs is 1. The highest BCUT2D eigenvalue weighted by Gasteiger charge is 2.20. The average Bonchev–Trinajstić information content (AvgIpc) is 3.28. The molecule has 34 heavy (non-hydrogen) atoms. The fourth-order valence-electron chi connectivity index (χ4n) is 4.67. The van der Waals surface area contributed by atoms with Gasteiger partial charge in [-0.2, -0.15) is 9.97 Å². The van der Waals surface area contributed by atoms with E-state index < -0.39 is 0 Å². The summed E-state index contributed by atoms with van der Waals surface area (Å²) in [5, 5.41) is 4.79. The number of hydrogen-bond donors (Lipinski definition) is 2. The van der Waals surface area contributed by atoms with E-state index in [-0.39, 0.29) is 6.04 Å². The third kappa shape index (κ3) is 4.86. The minimum Gasteiger partial charge on any atom is -0.361 e. The molecule has 0 saturated carbocycles. The first kappa shape index (κ1) is 22.3. The Morgan fingerprint density at radius 2 is 1.79 bits per heavy atom. The standard InChI is InChI=1S/C28H34N6/c1-20-11-13-23(14-12-20)30-26-18-27(34-15-7-4-8-16-34)32-28(31-26)33(3)21(2)17-22-19-29-25-10-6-5-9-24(22)25/h5-6,9-14,18-19,21,29H,4,7-8,15-17H2,1-3H3,(H,30,31,32). The van der Waals surface area contributed by atoms with E-state index in [0.29, 0.717) is 0 Å². The molecule has 1 fully saturated rings. The molecule has 1 aliphatic heterocycles. The first-order valence-electron chi connectivity index (χ1n) is 12.3. The molecule has 0 spiro atoms. The zero-order valence-corrected chi connectivity index (χ0v) is 20.4. The number of hydrogen-bond acceptors (Lipinski definition) is 5. The number of anilines is 4. The van der Waals surface area contributed by atoms with Gasteiger partial charge in [-0.15, -0.1) is 0 Å². The van der Waals surface area contributed by atoms with Crippen molar-refractivity contribution in [2.24, 2.45) is 0 Å². The number of H-pyrrole nitrogens is 1. The minimum absolute atomic E-state index is 0.239. The van der Waals surface area contributed by atoms with Crippen molar-refractivity contribution in [3.63, 3.8) is 0 Å². The van der Waals surface area contributed by atoms with Crippen LogP contribution in [0, 0.1) is 6.92 Å². The molecule has 176 valence electrons. The number of aryl methyl sites for hydroxylation is 1. The Bertz CT molecular complexity index is 1240. The van der Waals surface area contributed by atoms with Crippen LogP contribution in [0.4, 0.5) is 23.3 Å². The maximum absolute atomic E-state index is 5.02. The summed E-state index contributed by atoms with van der Waals surface area (Å²) in [7, 11) is 2.10. The van der Waals surface area contributed by atoms with Crippen molar-refractivity contribution in [3.8, 4) is 0 Å². The smallest absolute Gasteiger partial charge is 0.229 e. The van der Waals surface area contributed by atoms with E-state index in [4.69, 9.17) is 9.97 Å². The van der Waals surface area contributed by atoms with Crippen molar-refractivity contribution in [2.45, 2.75) is 45.6 Å². The van der Waals surface area contributed by atoms with Crippen LogP contribution in [0.3, 0.4) is 0 Å². The van der Waals surface area contributed by atoms with Crippen LogP contribution >= 0.6 is 0 Å². The van der Waals surface area contributed by atoms with Crippen LogP contribution in [0.1, 0.15) is 37.3 Å². The topological polar surface area (TPSA) is 60.1 Å². The van der Waals surface area contributed by atoms with E-state index in [1.807, 2.05) is 0 Å². The second-order valence-electron chi connectivity index (χ2n) is 9.47. The molecule has 1 aliphatic rings. The van der Waals surface area contributed by atoms with Crippen LogP contribution < -0.4 is 15.1 Å². The zero-order chi connectivity index (χ0) is 23.5. The molecule has 5 rings (SSSR count). The van der Waals surface area contributed by atoms with E-state index in [2.05, 4.69) is 102 Å². The van der Waals surface area contributed by atoms with E-state index in [9.17, 15) is 0 Å². The Morgan fingerprint density at radius 3 is 2.59 bits per heavy atom. The van der Waals surface area contributed by atoms with Crippen molar-refractivity contribution in [3.05, 3.63) is 71.9 Å². The van der Waals surface area contributed by atoms with E-state index in [1.54, 1.807) is 0 Å². The number of nitrogens with zero attached hydrogens (tertiary/aromatic N) is 4. The molecule has 0 bridgehead atoms. The maximum Gasteiger partial charge on any atom is 0.229 e. The summed E-state index contributed by atoms with van der Waals surface area (Å²) in [6.07, 6.45) is 6.77. The molecule has 6 nitrogen and oxygen atoms in total. The van der Waals surface area contributed by atoms with Crippen molar-refractivity contribution in [1.82, 2.24) is 15.0 Å². The Balaban J connectivity index is 1.42. The highest BCUT2D eigenvalue weighted by Crippen LogP contribution is 2.27. The molecule has 1 saturated heterocycles. The highest BCUT2D eigenvalue weighted by atomic mass is 15.3. The van der Waals surface area contributed by atoms with Crippen LogP contribution in [0.25, 0.3) is 10.9 Å². The van der Waals surface area contributed by atoms with Crippen molar-refractivity contribution >= 4 is 34.2 Å². The highest BCUT2D eigenvalue weighted by molar-refractivity contribution is 5.83. The second kappa shape index (κ2) is 9.75. The largest absolute Gasteiger partial charge is 0.361 e. The van der Waals surface area contributed by atoms with Gasteiger partial charge in [-0.1, -0.05) is 35.9 Å². The zero-order valence-electron chi connectivity index (χ0n) is 20.4. The summed E-state index contributed by atoms with van der Waals surface area (Å²) >= 11 is 0. The lowest BCUT2D eigenvalue weighted by molar-refractivity contribution is 0.572. The molecule has 1 atom stereocenters. The summed E-state index contributed by atoms with van der Waals surface area (Å²) < 4.78 is 0. The normalized spacial score (nSPS) is 14.9. The second-order valence-corrected chi connectivity index (χ2v) is 9.47. The molecule has 6 heteroatoms. The lowest BCUT2D eigenvalue weighted by Gasteiger charge is -2.30. The van der Waals surface area contributed by atoms with Gasteiger partial charge in [0.25, 0.3) is 0 Å². The molecule has 0 radical (unpaired) electrons. The third-order valence-electron chi connectivity index (χ3n) is 6.87. The first-order valence-corrected chi connectivity index (χ1v) is 12.3. The van der Waals surface area contributed by atoms with Gasteiger partial charge in [0.2, 0.25) is 5.95 Å². The first-order chi connectivity index (χ1) is 16.6. The number of para-hydroxylation sites is 1. The van der Waals surface area contributed by atoms with Crippen LogP contribution in [-0.2, 0) is 6.42 Å². The van der Waals surface area contributed by atoms with Crippen molar-refractivity contribution in [1.29, 1.82) is 0 Å². The maximum atomic E-state index is 5.02. The number of aromatic amines is 1. The van der Waals surface area contributed by atoms with Gasteiger partial charge in [0, 0.05) is 55.0 Å². The Labute approximate surface area is 202 Å². The van der Waals surface area contributed by atoms with Gasteiger partial charge in [0.1, 0.15) is 11.6 Å². The Hall–Kier alpha value is -3.54. The number of rotatable bonds is 7. The lowest BCUT2D eigenvalue weighted by atomic mass is 10.1. The van der Waals surface area contributed by atoms with Gasteiger partial charge in [-0.25, -0.2) is 0 Å². The molecule has 0 amide bonds. The van der Waals surface area contributed by atoms with E-state index >= 15 is 0 Å². The van der Waals surface area contributed by atoms with Gasteiger partial charge in [0.05, 0.1) is 0 Å². The lowest BCUT2D eigenvalue weighted by Crippen LogP contribution is -2.34. The van der Waals surface area contributed by atoms with Crippen LogP contribution in [0.2, 0.25) is 0 Å². The summed E-state index contributed by atoms with van der Waals surface area (Å²) in [6.45, 7) is 6.45. The van der Waals surface area contributed by atoms with E-state index in [1.165, 1.54) is 41.3 Å². The van der Waals surface area contributed by atoms with Crippen LogP contribution in [0.15, 0.2) is 60.8 Å². The molecular formula is C28H34N6. The molecule has 2 aromatic heterocycles. The van der Waals surface area contributed by atoms with Crippen molar-refractivity contribution in [2.75, 3.05) is 35.3 Å². The van der Waals surface area contributed by atoms with Crippen LogP contribution in [-0.4, -0.2) is 41.1 Å². The molecule has 3 heterocycles. The van der Waals surface area contributed by atoms with Gasteiger partial charge in [-0.3, -0.25) is 0 Å². The fraction of sp³-hybridized carbons (Fsp3) is 0.357. The molecule has 1 unspecified atom stereocenters. The van der Waals surface area contributed by atoms with Gasteiger partial charge in [0.15, 0.2) is 0 Å². The van der Waals surface area contributed by atoms with E-state index in [0.717, 1.165) is 42.8 Å². The summed E-state index contributed by atoms with van der Waals surface area (Å²) in [4.78, 5) is 17.9. The van der Waals surface area contributed by atoms with Gasteiger partial charge < -0.3 is 20.1 Å².